The van der Waals surface area contributed by atoms with Gasteiger partial charge in [0.05, 0.1) is 6.61 Å². The molecule has 0 saturated heterocycles. The average molecular weight is 250 g/mol. The molecule has 0 spiro atoms. The van der Waals surface area contributed by atoms with Gasteiger partial charge in [-0.2, -0.15) is 5.10 Å². The molecule has 0 bridgehead atoms. The molecule has 0 radical (unpaired) electrons. The Balaban J connectivity index is 2.08. The first kappa shape index (κ1) is 13.1. The lowest BCUT2D eigenvalue weighted by molar-refractivity contribution is -0.139. The number of ether oxygens (including phenoxy) is 1. The van der Waals surface area contributed by atoms with Gasteiger partial charge >= 0.3 is 5.97 Å². The molecule has 1 aliphatic carbocycles. The van der Waals surface area contributed by atoms with Gasteiger partial charge in [0.2, 0.25) is 0 Å². The van der Waals surface area contributed by atoms with E-state index in [1.54, 1.807) is 0 Å². The predicted molar refractivity (Wildman–Crippen MR) is 71.0 cm³/mol. The van der Waals surface area contributed by atoms with Crippen LogP contribution in [0.4, 0.5) is 0 Å². The van der Waals surface area contributed by atoms with Crippen LogP contribution >= 0.6 is 0 Å². The molecule has 0 aromatic carbocycles. The Morgan fingerprint density at radius 2 is 2.33 bits per heavy atom. The highest BCUT2D eigenvalue weighted by molar-refractivity contribution is 5.89. The third-order valence-electron chi connectivity index (χ3n) is 3.89. The van der Waals surface area contributed by atoms with E-state index in [4.69, 9.17) is 4.74 Å². The Labute approximate surface area is 108 Å². The van der Waals surface area contributed by atoms with Crippen molar-refractivity contribution in [2.45, 2.75) is 40.0 Å². The lowest BCUT2D eigenvalue weighted by atomic mass is 10.1. The van der Waals surface area contributed by atoms with Crippen LogP contribution in [0, 0.1) is 17.8 Å². The Morgan fingerprint density at radius 1 is 1.56 bits per heavy atom. The number of nitrogens with zero attached hydrogens (tertiary/aromatic N) is 1. The van der Waals surface area contributed by atoms with E-state index in [9.17, 15) is 4.79 Å². The van der Waals surface area contributed by atoms with Crippen LogP contribution in [0.2, 0.25) is 0 Å². The van der Waals surface area contributed by atoms with Gasteiger partial charge in [-0.05, 0) is 44.1 Å². The van der Waals surface area contributed by atoms with Gasteiger partial charge in [0.15, 0.2) is 0 Å². The SMILES string of the molecule is CCC[C@@H]1[C@H]2/C=N/N/C(C(=O)OCC)=C(\C)C[C@H]21. The first-order chi connectivity index (χ1) is 8.69. The van der Waals surface area contributed by atoms with Crippen LogP contribution in [-0.4, -0.2) is 18.8 Å². The van der Waals surface area contributed by atoms with Crippen molar-refractivity contribution in [3.8, 4) is 0 Å². The maximum Gasteiger partial charge on any atom is 0.356 e. The van der Waals surface area contributed by atoms with Gasteiger partial charge in [0.25, 0.3) is 0 Å². The molecule has 100 valence electrons. The van der Waals surface area contributed by atoms with E-state index < -0.39 is 0 Å². The maximum absolute atomic E-state index is 11.8. The van der Waals surface area contributed by atoms with Gasteiger partial charge in [-0.1, -0.05) is 13.3 Å². The first-order valence-corrected chi connectivity index (χ1v) is 6.85. The molecule has 0 amide bonds. The quantitative estimate of drug-likeness (QED) is 0.780. The normalized spacial score (nSPS) is 35.8. The summed E-state index contributed by atoms with van der Waals surface area (Å²) in [5.74, 6) is 1.71. The number of rotatable bonds is 4. The van der Waals surface area contributed by atoms with Crippen molar-refractivity contribution in [2.24, 2.45) is 22.9 Å². The highest BCUT2D eigenvalue weighted by Crippen LogP contribution is 2.52. The van der Waals surface area contributed by atoms with Crippen molar-refractivity contribution in [1.82, 2.24) is 5.43 Å². The molecular formula is C14H22N2O2. The van der Waals surface area contributed by atoms with Crippen LogP contribution in [0.5, 0.6) is 0 Å². The van der Waals surface area contributed by atoms with Crippen molar-refractivity contribution in [1.29, 1.82) is 0 Å². The number of esters is 1. The Hall–Kier alpha value is -1.32. The molecule has 0 unspecified atom stereocenters. The van der Waals surface area contributed by atoms with Gasteiger partial charge in [0, 0.05) is 12.1 Å². The molecule has 1 fully saturated rings. The molecule has 4 heteroatoms. The fraction of sp³-hybridized carbons (Fsp3) is 0.714. The molecule has 18 heavy (non-hydrogen) atoms. The summed E-state index contributed by atoms with van der Waals surface area (Å²) in [6, 6.07) is 0. The monoisotopic (exact) mass is 250 g/mol. The van der Waals surface area contributed by atoms with Gasteiger partial charge in [-0.3, -0.25) is 5.43 Å². The van der Waals surface area contributed by atoms with E-state index in [0.717, 1.165) is 17.9 Å². The summed E-state index contributed by atoms with van der Waals surface area (Å²) in [7, 11) is 0. The minimum Gasteiger partial charge on any atom is -0.461 e. The van der Waals surface area contributed by atoms with Gasteiger partial charge in [0.1, 0.15) is 5.70 Å². The van der Waals surface area contributed by atoms with Crippen molar-refractivity contribution in [3.63, 3.8) is 0 Å². The molecule has 2 aliphatic rings. The Kier molecular flexibility index (Phi) is 4.04. The summed E-state index contributed by atoms with van der Waals surface area (Å²) in [4.78, 5) is 11.8. The lowest BCUT2D eigenvalue weighted by Crippen LogP contribution is -2.21. The molecule has 4 nitrogen and oxygen atoms in total. The largest absolute Gasteiger partial charge is 0.461 e. The summed E-state index contributed by atoms with van der Waals surface area (Å²) in [5, 5.41) is 4.19. The number of hydrazone groups is 1. The summed E-state index contributed by atoms with van der Waals surface area (Å²) in [5.41, 5.74) is 4.44. The summed E-state index contributed by atoms with van der Waals surface area (Å²) in [6.45, 7) is 6.42. The van der Waals surface area contributed by atoms with E-state index in [2.05, 4.69) is 17.5 Å². The van der Waals surface area contributed by atoms with Crippen molar-refractivity contribution in [3.05, 3.63) is 11.3 Å². The molecule has 3 atom stereocenters. The van der Waals surface area contributed by atoms with E-state index in [0.29, 0.717) is 24.1 Å². The zero-order chi connectivity index (χ0) is 13.1. The van der Waals surface area contributed by atoms with E-state index >= 15 is 0 Å². The zero-order valence-electron chi connectivity index (χ0n) is 11.4. The predicted octanol–water partition coefficient (Wildman–Crippen LogP) is 2.46. The minimum absolute atomic E-state index is 0.293. The third kappa shape index (κ3) is 2.57. The topological polar surface area (TPSA) is 50.7 Å². The van der Waals surface area contributed by atoms with Crippen LogP contribution in [0.15, 0.2) is 16.4 Å². The van der Waals surface area contributed by atoms with E-state index in [1.807, 2.05) is 20.1 Å². The minimum atomic E-state index is -0.293. The molecule has 1 N–H and O–H groups in total. The Bertz CT molecular complexity index is 387. The standard InChI is InChI=1S/C14H22N2O2/c1-4-6-10-11-7-9(3)13(14(17)18-5-2)16-15-8-12(10)11/h8,10-12,16H,4-7H2,1-3H3/b13-9+,15-8+/t10-,11-,12+/m0/s1. The lowest BCUT2D eigenvalue weighted by Gasteiger charge is -2.12. The number of carbonyl (C=O) groups excluding carboxylic acids is 1. The molecular weight excluding hydrogens is 228 g/mol. The second-order valence-corrected chi connectivity index (χ2v) is 5.16. The summed E-state index contributed by atoms with van der Waals surface area (Å²) >= 11 is 0. The van der Waals surface area contributed by atoms with Gasteiger partial charge < -0.3 is 4.74 Å². The summed E-state index contributed by atoms with van der Waals surface area (Å²) < 4.78 is 5.04. The van der Waals surface area contributed by atoms with Crippen molar-refractivity contribution >= 4 is 12.2 Å². The fourth-order valence-electron chi connectivity index (χ4n) is 2.89. The number of fused-ring (bicyclic) bond motifs is 1. The van der Waals surface area contributed by atoms with E-state index in [1.165, 1.54) is 12.8 Å². The Morgan fingerprint density at radius 3 is 3.00 bits per heavy atom. The maximum atomic E-state index is 11.8. The highest BCUT2D eigenvalue weighted by Gasteiger charge is 2.48. The van der Waals surface area contributed by atoms with Crippen molar-refractivity contribution < 1.29 is 9.53 Å². The van der Waals surface area contributed by atoms with E-state index in [-0.39, 0.29) is 5.97 Å². The number of carbonyl (C=O) groups is 1. The highest BCUT2D eigenvalue weighted by atomic mass is 16.5. The fourth-order valence-corrected chi connectivity index (χ4v) is 2.89. The van der Waals surface area contributed by atoms with Crippen LogP contribution in [-0.2, 0) is 9.53 Å². The molecule has 0 aromatic heterocycles. The first-order valence-electron chi connectivity index (χ1n) is 6.85. The third-order valence-corrected chi connectivity index (χ3v) is 3.89. The van der Waals surface area contributed by atoms with Gasteiger partial charge in [-0.15, -0.1) is 0 Å². The van der Waals surface area contributed by atoms with Crippen LogP contribution in [0.1, 0.15) is 40.0 Å². The smallest absolute Gasteiger partial charge is 0.356 e. The molecule has 0 aromatic rings. The molecule has 1 saturated carbocycles. The second kappa shape index (κ2) is 5.55. The van der Waals surface area contributed by atoms with Crippen LogP contribution in [0.25, 0.3) is 0 Å². The molecule has 1 aliphatic heterocycles. The van der Waals surface area contributed by atoms with Crippen molar-refractivity contribution in [2.75, 3.05) is 6.61 Å². The second-order valence-electron chi connectivity index (χ2n) is 5.16. The number of hydrogen-bond donors (Lipinski definition) is 1. The number of hydrogen-bond acceptors (Lipinski definition) is 4. The molecule has 1 heterocycles. The average Bonchev–Trinajstić information content (AvgIpc) is 2.93. The summed E-state index contributed by atoms with van der Waals surface area (Å²) in [6.07, 6.45) is 5.41. The number of allylic oxidation sites excluding steroid dienone is 1. The van der Waals surface area contributed by atoms with Crippen LogP contribution in [0.3, 0.4) is 0 Å². The van der Waals surface area contributed by atoms with Crippen LogP contribution < -0.4 is 5.43 Å². The molecule has 2 rings (SSSR count). The number of nitrogens with one attached hydrogen (secondary N) is 1. The van der Waals surface area contributed by atoms with Gasteiger partial charge in [-0.25, -0.2) is 4.79 Å². The zero-order valence-corrected chi connectivity index (χ0v) is 11.4.